The number of nitrogens with one attached hydrogen (secondary N) is 1. The fraction of sp³-hybridized carbons (Fsp3) is 0.600. The molecule has 1 saturated carbocycles. The zero-order chi connectivity index (χ0) is 11.4. The summed E-state index contributed by atoms with van der Waals surface area (Å²) >= 11 is 0. The van der Waals surface area contributed by atoms with Crippen molar-refractivity contribution in [3.8, 4) is 0 Å². The quantitative estimate of drug-likeness (QED) is 0.814. The van der Waals surface area contributed by atoms with Gasteiger partial charge in [0.15, 0.2) is 0 Å². The van der Waals surface area contributed by atoms with Gasteiger partial charge < -0.3 is 5.32 Å². The minimum Gasteiger partial charge on any atom is -0.312 e. The molecule has 1 aliphatic rings. The molecule has 0 spiro atoms. The fourth-order valence-corrected chi connectivity index (χ4v) is 2.79. The Morgan fingerprint density at radius 3 is 2.19 bits per heavy atom. The Labute approximate surface area is 99.3 Å². The maximum absolute atomic E-state index is 3.65. The van der Waals surface area contributed by atoms with E-state index in [4.69, 9.17) is 0 Å². The van der Waals surface area contributed by atoms with E-state index in [9.17, 15) is 0 Å². The molecule has 1 fully saturated rings. The summed E-state index contributed by atoms with van der Waals surface area (Å²) in [6.07, 6.45) is 5.35. The van der Waals surface area contributed by atoms with E-state index in [1.54, 1.807) is 0 Å². The van der Waals surface area contributed by atoms with Gasteiger partial charge in [-0.2, -0.15) is 0 Å². The van der Waals surface area contributed by atoms with Gasteiger partial charge in [0.2, 0.25) is 0 Å². The van der Waals surface area contributed by atoms with Crippen LogP contribution in [-0.4, -0.2) is 12.1 Å². The van der Waals surface area contributed by atoms with Crippen LogP contribution in [0, 0.1) is 0 Å². The molecule has 1 nitrogen and oxygen atoms in total. The average molecular weight is 217 g/mol. The molecule has 0 amide bonds. The van der Waals surface area contributed by atoms with Crippen LogP contribution in [0.3, 0.4) is 0 Å². The van der Waals surface area contributed by atoms with Gasteiger partial charge in [-0.1, -0.05) is 44.2 Å². The van der Waals surface area contributed by atoms with Crippen LogP contribution in [0.15, 0.2) is 30.3 Å². The molecule has 1 heteroatoms. The van der Waals surface area contributed by atoms with Gasteiger partial charge in [0.25, 0.3) is 0 Å². The molecule has 1 N–H and O–H groups in total. The molecule has 1 aromatic rings. The zero-order valence-electron chi connectivity index (χ0n) is 10.4. The molecule has 0 saturated heterocycles. The Balaban J connectivity index is 1.86. The van der Waals surface area contributed by atoms with Gasteiger partial charge in [-0.25, -0.2) is 0 Å². The molecule has 0 bridgehead atoms. The number of benzene rings is 1. The second kappa shape index (κ2) is 5.49. The summed E-state index contributed by atoms with van der Waals surface area (Å²) < 4.78 is 0. The summed E-state index contributed by atoms with van der Waals surface area (Å²) in [6.45, 7) is 4.48. The zero-order valence-corrected chi connectivity index (χ0v) is 10.4. The van der Waals surface area contributed by atoms with E-state index in [1.807, 2.05) is 0 Å². The minimum absolute atomic E-state index is 0.623. The monoisotopic (exact) mass is 217 g/mol. The van der Waals surface area contributed by atoms with Crippen LogP contribution in [0.1, 0.15) is 51.0 Å². The summed E-state index contributed by atoms with van der Waals surface area (Å²) in [5, 5.41) is 3.65. The van der Waals surface area contributed by atoms with Gasteiger partial charge in [-0.15, -0.1) is 0 Å². The van der Waals surface area contributed by atoms with E-state index in [1.165, 1.54) is 31.2 Å². The first-order valence-corrected chi connectivity index (χ1v) is 6.56. The largest absolute Gasteiger partial charge is 0.312 e. The Morgan fingerprint density at radius 2 is 1.62 bits per heavy atom. The average Bonchev–Trinajstić information content (AvgIpc) is 2.30. The van der Waals surface area contributed by atoms with Crippen LogP contribution in [0.5, 0.6) is 0 Å². The van der Waals surface area contributed by atoms with Gasteiger partial charge in [0.05, 0.1) is 0 Å². The van der Waals surface area contributed by atoms with E-state index in [2.05, 4.69) is 49.5 Å². The molecule has 2 rings (SSSR count). The molecular weight excluding hydrogens is 194 g/mol. The van der Waals surface area contributed by atoms with Crippen molar-refractivity contribution in [2.75, 3.05) is 0 Å². The molecule has 0 unspecified atom stereocenters. The Bertz CT molecular complexity index is 296. The highest BCUT2D eigenvalue weighted by Gasteiger charge is 2.22. The van der Waals surface area contributed by atoms with Crippen molar-refractivity contribution in [2.45, 2.75) is 57.5 Å². The first-order valence-electron chi connectivity index (χ1n) is 6.56. The van der Waals surface area contributed by atoms with E-state index < -0.39 is 0 Å². The van der Waals surface area contributed by atoms with Crippen LogP contribution in [0.2, 0.25) is 0 Å². The second-order valence-corrected chi connectivity index (χ2v) is 5.28. The van der Waals surface area contributed by atoms with E-state index in [-0.39, 0.29) is 0 Å². The van der Waals surface area contributed by atoms with Crippen LogP contribution >= 0.6 is 0 Å². The third kappa shape index (κ3) is 3.08. The van der Waals surface area contributed by atoms with Crippen molar-refractivity contribution in [1.82, 2.24) is 5.32 Å². The summed E-state index contributed by atoms with van der Waals surface area (Å²) in [7, 11) is 0. The molecule has 16 heavy (non-hydrogen) atoms. The highest BCUT2D eigenvalue weighted by Crippen LogP contribution is 2.32. The maximum atomic E-state index is 3.65. The molecule has 0 heterocycles. The van der Waals surface area contributed by atoms with Gasteiger partial charge in [0.1, 0.15) is 0 Å². The lowest BCUT2D eigenvalue weighted by Crippen LogP contribution is -2.37. The highest BCUT2D eigenvalue weighted by atomic mass is 14.9. The van der Waals surface area contributed by atoms with Crippen molar-refractivity contribution < 1.29 is 0 Å². The molecule has 0 aliphatic heterocycles. The molecular formula is C15H23N. The smallest absolute Gasteiger partial charge is 0.00698 e. The normalized spacial score (nSPS) is 25.9. The van der Waals surface area contributed by atoms with Crippen LogP contribution < -0.4 is 5.32 Å². The topological polar surface area (TPSA) is 12.0 Å². The number of hydrogen-bond donors (Lipinski definition) is 1. The summed E-state index contributed by atoms with van der Waals surface area (Å²) in [6, 6.07) is 12.4. The van der Waals surface area contributed by atoms with Gasteiger partial charge in [0, 0.05) is 12.1 Å². The van der Waals surface area contributed by atoms with E-state index >= 15 is 0 Å². The SMILES string of the molecule is CC(C)N[C@H]1CC[C@H](c2ccccc2)CC1. The number of rotatable bonds is 3. The Hall–Kier alpha value is -0.820. The number of hydrogen-bond acceptors (Lipinski definition) is 1. The predicted molar refractivity (Wildman–Crippen MR) is 69.7 cm³/mol. The lowest BCUT2D eigenvalue weighted by Gasteiger charge is -2.30. The molecule has 0 atom stereocenters. The second-order valence-electron chi connectivity index (χ2n) is 5.28. The molecule has 0 aromatic heterocycles. The predicted octanol–water partition coefficient (Wildman–Crippen LogP) is 3.71. The Morgan fingerprint density at radius 1 is 1.00 bits per heavy atom. The highest BCUT2D eigenvalue weighted by molar-refractivity contribution is 5.20. The van der Waals surface area contributed by atoms with E-state index in [0.717, 1.165) is 12.0 Å². The van der Waals surface area contributed by atoms with Gasteiger partial charge in [-0.3, -0.25) is 0 Å². The third-order valence-corrected chi connectivity index (χ3v) is 3.57. The lowest BCUT2D eigenvalue weighted by atomic mass is 9.81. The van der Waals surface area contributed by atoms with E-state index in [0.29, 0.717) is 6.04 Å². The van der Waals surface area contributed by atoms with Crippen molar-refractivity contribution in [3.63, 3.8) is 0 Å². The maximum Gasteiger partial charge on any atom is 0.00698 e. The summed E-state index contributed by atoms with van der Waals surface area (Å²) in [5.41, 5.74) is 1.53. The van der Waals surface area contributed by atoms with Crippen molar-refractivity contribution in [2.24, 2.45) is 0 Å². The first-order chi connectivity index (χ1) is 7.75. The van der Waals surface area contributed by atoms with Crippen molar-refractivity contribution >= 4 is 0 Å². The first kappa shape index (κ1) is 11.7. The fourth-order valence-electron chi connectivity index (χ4n) is 2.79. The summed E-state index contributed by atoms with van der Waals surface area (Å²) in [4.78, 5) is 0. The minimum atomic E-state index is 0.623. The van der Waals surface area contributed by atoms with Gasteiger partial charge in [-0.05, 0) is 37.2 Å². The van der Waals surface area contributed by atoms with Crippen LogP contribution in [0.4, 0.5) is 0 Å². The molecule has 1 aliphatic carbocycles. The summed E-state index contributed by atoms with van der Waals surface area (Å²) in [5.74, 6) is 0.798. The molecule has 88 valence electrons. The molecule has 1 aromatic carbocycles. The van der Waals surface area contributed by atoms with Crippen molar-refractivity contribution in [1.29, 1.82) is 0 Å². The van der Waals surface area contributed by atoms with Gasteiger partial charge >= 0.3 is 0 Å². The Kier molecular flexibility index (Phi) is 4.00. The lowest BCUT2D eigenvalue weighted by molar-refractivity contribution is 0.326. The van der Waals surface area contributed by atoms with Crippen LogP contribution in [0.25, 0.3) is 0 Å². The van der Waals surface area contributed by atoms with Crippen molar-refractivity contribution in [3.05, 3.63) is 35.9 Å². The standard InChI is InChI=1S/C15H23N/c1-12(2)16-15-10-8-14(9-11-15)13-6-4-3-5-7-13/h3-7,12,14-16H,8-11H2,1-2H3/t14-,15-. The van der Waals surface area contributed by atoms with Crippen LogP contribution in [-0.2, 0) is 0 Å². The third-order valence-electron chi connectivity index (χ3n) is 3.57. The molecule has 0 radical (unpaired) electrons.